The molecule has 21 heavy (non-hydrogen) atoms. The fraction of sp³-hybridized carbons (Fsp3) is 0.235. The van der Waals surface area contributed by atoms with Gasteiger partial charge in [0.2, 0.25) is 5.91 Å². The third kappa shape index (κ3) is 3.11. The molecule has 4 heteroatoms. The molecule has 0 saturated heterocycles. The average Bonchev–Trinajstić information content (AvgIpc) is 2.49. The number of primary amides is 1. The highest BCUT2D eigenvalue weighted by Gasteiger charge is 2.17. The first-order valence-electron chi connectivity index (χ1n) is 7.00. The van der Waals surface area contributed by atoms with Gasteiger partial charge in [0.1, 0.15) is 5.82 Å². The number of nitrogens with two attached hydrogens (primary N) is 1. The number of hydrogen-bond donors (Lipinski definition) is 1. The number of nitrogens with zero attached hydrogens (tertiary/aromatic N) is 1. The van der Waals surface area contributed by atoms with Crippen molar-refractivity contribution in [1.82, 2.24) is 4.90 Å². The minimum absolute atomic E-state index is 0. The van der Waals surface area contributed by atoms with Gasteiger partial charge in [-0.15, -0.1) is 0 Å². The zero-order valence-electron chi connectivity index (χ0n) is 11.7. The van der Waals surface area contributed by atoms with E-state index in [1.165, 1.54) is 17.7 Å². The average molecular weight is 286 g/mol. The topological polar surface area (TPSA) is 46.3 Å². The van der Waals surface area contributed by atoms with Crippen molar-refractivity contribution in [3.05, 3.63) is 70.5 Å². The van der Waals surface area contributed by atoms with Gasteiger partial charge in [0.15, 0.2) is 0 Å². The van der Waals surface area contributed by atoms with Gasteiger partial charge in [0.25, 0.3) is 0 Å². The summed E-state index contributed by atoms with van der Waals surface area (Å²) in [6, 6.07) is 12.3. The molecule has 1 aliphatic heterocycles. The molecule has 0 aromatic heterocycles. The second-order valence-electron chi connectivity index (χ2n) is 5.43. The largest absolute Gasteiger partial charge is 0.366 e. The van der Waals surface area contributed by atoms with E-state index in [0.717, 1.165) is 37.2 Å². The molecule has 110 valence electrons. The molecule has 3 nitrogen and oxygen atoms in total. The molecule has 0 radical (unpaired) electrons. The maximum atomic E-state index is 12.9. The van der Waals surface area contributed by atoms with Gasteiger partial charge in [-0.25, -0.2) is 4.39 Å². The van der Waals surface area contributed by atoms with Crippen molar-refractivity contribution in [3.8, 4) is 0 Å². The highest BCUT2D eigenvalue weighted by atomic mass is 19.1. The SMILES string of the molecule is NC(=O)c1ccc2c(c1)CN(Cc1ccc(F)cc1)CC2.[HH]. The molecule has 2 aromatic rings. The van der Waals surface area contributed by atoms with Crippen LogP contribution in [0.1, 0.15) is 28.5 Å². The summed E-state index contributed by atoms with van der Waals surface area (Å²) in [5.74, 6) is -0.609. The number of amides is 1. The van der Waals surface area contributed by atoms with Crippen LogP contribution >= 0.6 is 0 Å². The number of rotatable bonds is 3. The molecular weight excluding hydrogens is 267 g/mol. The monoisotopic (exact) mass is 286 g/mol. The zero-order chi connectivity index (χ0) is 14.8. The lowest BCUT2D eigenvalue weighted by Gasteiger charge is -2.29. The molecule has 0 bridgehead atoms. The van der Waals surface area contributed by atoms with Crippen LogP contribution in [-0.2, 0) is 19.5 Å². The quantitative estimate of drug-likeness (QED) is 0.943. The summed E-state index contributed by atoms with van der Waals surface area (Å²) >= 11 is 0. The van der Waals surface area contributed by atoms with Crippen LogP contribution in [0.2, 0.25) is 0 Å². The van der Waals surface area contributed by atoms with Crippen molar-refractivity contribution in [2.24, 2.45) is 5.73 Å². The Morgan fingerprint density at radius 3 is 2.67 bits per heavy atom. The van der Waals surface area contributed by atoms with Crippen LogP contribution in [0.15, 0.2) is 42.5 Å². The van der Waals surface area contributed by atoms with Crippen molar-refractivity contribution in [2.45, 2.75) is 19.5 Å². The van der Waals surface area contributed by atoms with Crippen molar-refractivity contribution in [1.29, 1.82) is 0 Å². The van der Waals surface area contributed by atoms with E-state index in [4.69, 9.17) is 5.73 Å². The minimum atomic E-state index is -0.395. The second-order valence-corrected chi connectivity index (χ2v) is 5.43. The minimum Gasteiger partial charge on any atom is -0.366 e. The van der Waals surface area contributed by atoms with E-state index in [9.17, 15) is 9.18 Å². The molecule has 2 aromatic carbocycles. The van der Waals surface area contributed by atoms with Crippen LogP contribution in [0.4, 0.5) is 4.39 Å². The van der Waals surface area contributed by atoms with Gasteiger partial charge in [-0.2, -0.15) is 0 Å². The fourth-order valence-electron chi connectivity index (χ4n) is 2.75. The first-order chi connectivity index (χ1) is 10.1. The lowest BCUT2D eigenvalue weighted by molar-refractivity contribution is 0.1000. The molecule has 3 rings (SSSR count). The van der Waals surface area contributed by atoms with Gasteiger partial charge in [-0.3, -0.25) is 9.69 Å². The van der Waals surface area contributed by atoms with Gasteiger partial charge >= 0.3 is 0 Å². The maximum Gasteiger partial charge on any atom is 0.248 e. The van der Waals surface area contributed by atoms with Crippen LogP contribution in [0, 0.1) is 5.82 Å². The summed E-state index contributed by atoms with van der Waals surface area (Å²) in [4.78, 5) is 13.6. The first-order valence-corrected chi connectivity index (χ1v) is 7.00. The van der Waals surface area contributed by atoms with E-state index >= 15 is 0 Å². The Morgan fingerprint density at radius 1 is 1.19 bits per heavy atom. The zero-order valence-corrected chi connectivity index (χ0v) is 11.7. The van der Waals surface area contributed by atoms with E-state index in [1.54, 1.807) is 6.07 Å². The summed E-state index contributed by atoms with van der Waals surface area (Å²) in [7, 11) is 0. The Labute approximate surface area is 124 Å². The molecule has 0 spiro atoms. The first kappa shape index (κ1) is 13.8. The molecule has 0 aliphatic carbocycles. The highest BCUT2D eigenvalue weighted by Crippen LogP contribution is 2.22. The molecule has 2 N–H and O–H groups in total. The van der Waals surface area contributed by atoms with Crippen molar-refractivity contribution in [3.63, 3.8) is 0 Å². The summed E-state index contributed by atoms with van der Waals surface area (Å²) in [6.45, 7) is 2.52. The van der Waals surface area contributed by atoms with Gasteiger partial charge in [0, 0.05) is 26.6 Å². The van der Waals surface area contributed by atoms with Gasteiger partial charge in [-0.05, 0) is 47.4 Å². The van der Waals surface area contributed by atoms with Gasteiger partial charge in [-0.1, -0.05) is 18.2 Å². The summed E-state index contributed by atoms with van der Waals surface area (Å²) in [5.41, 5.74) is 9.40. The lowest BCUT2D eigenvalue weighted by Crippen LogP contribution is -2.30. The van der Waals surface area contributed by atoms with Crippen LogP contribution in [0.3, 0.4) is 0 Å². The molecule has 1 amide bonds. The fourth-order valence-corrected chi connectivity index (χ4v) is 2.75. The number of fused-ring (bicyclic) bond motifs is 1. The summed E-state index contributed by atoms with van der Waals surface area (Å²) in [5, 5.41) is 0. The Hall–Kier alpha value is -2.20. The van der Waals surface area contributed by atoms with Crippen molar-refractivity contribution < 1.29 is 10.6 Å². The van der Waals surface area contributed by atoms with Crippen LogP contribution in [0.25, 0.3) is 0 Å². The third-order valence-electron chi connectivity index (χ3n) is 3.90. The predicted molar refractivity (Wildman–Crippen MR) is 81.3 cm³/mol. The molecule has 0 saturated carbocycles. The van der Waals surface area contributed by atoms with E-state index in [1.807, 2.05) is 24.3 Å². The maximum absolute atomic E-state index is 12.9. The molecule has 0 unspecified atom stereocenters. The highest BCUT2D eigenvalue weighted by molar-refractivity contribution is 5.93. The smallest absolute Gasteiger partial charge is 0.248 e. The lowest BCUT2D eigenvalue weighted by atomic mass is 9.97. The van der Waals surface area contributed by atoms with Crippen LogP contribution in [-0.4, -0.2) is 17.4 Å². The molecule has 1 heterocycles. The number of hydrogen-bond acceptors (Lipinski definition) is 2. The molecule has 0 atom stereocenters. The molecule has 0 fully saturated rings. The van der Waals surface area contributed by atoms with Crippen molar-refractivity contribution in [2.75, 3.05) is 6.54 Å². The third-order valence-corrected chi connectivity index (χ3v) is 3.90. The van der Waals surface area contributed by atoms with E-state index < -0.39 is 5.91 Å². The predicted octanol–water partition coefficient (Wildman–Crippen LogP) is 2.73. The Morgan fingerprint density at radius 2 is 1.95 bits per heavy atom. The normalized spacial score (nSPS) is 14.7. The Kier molecular flexibility index (Phi) is 3.71. The number of carbonyl (C=O) groups excluding carboxylic acids is 1. The number of carbonyl (C=O) groups is 1. The van der Waals surface area contributed by atoms with E-state index in [2.05, 4.69) is 4.90 Å². The molecule has 1 aliphatic rings. The Balaban J connectivity index is 0.00000176. The standard InChI is InChI=1S/C17H17FN2O.H2/c18-16-5-1-12(2-6-16)10-20-8-7-13-3-4-14(17(19)21)9-15(13)11-20;/h1-6,9H,7-8,10-11H2,(H2,19,21);1H. The number of halogens is 1. The van der Waals surface area contributed by atoms with E-state index in [0.29, 0.717) is 5.56 Å². The van der Waals surface area contributed by atoms with Crippen LogP contribution in [0.5, 0.6) is 0 Å². The Bertz CT molecular complexity index is 673. The summed E-state index contributed by atoms with van der Waals surface area (Å²) in [6.07, 6.45) is 0.954. The van der Waals surface area contributed by atoms with Gasteiger partial charge in [0.05, 0.1) is 0 Å². The van der Waals surface area contributed by atoms with Crippen LogP contribution < -0.4 is 5.73 Å². The number of benzene rings is 2. The summed E-state index contributed by atoms with van der Waals surface area (Å²) < 4.78 is 12.9. The molecular formula is C17H19FN2O. The van der Waals surface area contributed by atoms with E-state index in [-0.39, 0.29) is 7.24 Å². The second kappa shape index (κ2) is 5.66. The van der Waals surface area contributed by atoms with Gasteiger partial charge < -0.3 is 5.73 Å². The van der Waals surface area contributed by atoms with Crippen molar-refractivity contribution >= 4 is 5.91 Å².